The smallest absolute Gasteiger partial charge is 0.123 e. The summed E-state index contributed by atoms with van der Waals surface area (Å²) in [5, 5.41) is 3.48. The van der Waals surface area contributed by atoms with Crippen LogP contribution in [0.1, 0.15) is 12.0 Å². The Kier molecular flexibility index (Phi) is 5.63. The highest BCUT2D eigenvalue weighted by atomic mass is 16.5. The molecular formula is C15H24N2O2. The van der Waals surface area contributed by atoms with E-state index >= 15 is 0 Å². The van der Waals surface area contributed by atoms with Crippen molar-refractivity contribution in [2.75, 3.05) is 40.5 Å². The van der Waals surface area contributed by atoms with Gasteiger partial charge in [0.2, 0.25) is 0 Å². The van der Waals surface area contributed by atoms with Crippen molar-refractivity contribution < 1.29 is 9.47 Å². The predicted molar refractivity (Wildman–Crippen MR) is 76.6 cm³/mol. The largest absolute Gasteiger partial charge is 0.496 e. The van der Waals surface area contributed by atoms with Gasteiger partial charge >= 0.3 is 0 Å². The molecule has 1 aromatic rings. The van der Waals surface area contributed by atoms with Gasteiger partial charge in [-0.3, -0.25) is 0 Å². The summed E-state index contributed by atoms with van der Waals surface area (Å²) >= 11 is 0. The highest BCUT2D eigenvalue weighted by molar-refractivity contribution is 5.32. The van der Waals surface area contributed by atoms with Crippen LogP contribution < -0.4 is 10.1 Å². The molecular weight excluding hydrogens is 240 g/mol. The fraction of sp³-hybridized carbons (Fsp3) is 0.600. The maximum atomic E-state index is 5.47. The van der Waals surface area contributed by atoms with Crippen molar-refractivity contribution in [1.29, 1.82) is 0 Å². The first kappa shape index (κ1) is 14.3. The van der Waals surface area contributed by atoms with Gasteiger partial charge in [-0.25, -0.2) is 0 Å². The minimum absolute atomic E-state index is 0.494. The van der Waals surface area contributed by atoms with Crippen LogP contribution in [0.2, 0.25) is 0 Å². The highest BCUT2D eigenvalue weighted by Gasteiger charge is 2.14. The molecule has 106 valence electrons. The number of benzene rings is 1. The van der Waals surface area contributed by atoms with Gasteiger partial charge in [-0.1, -0.05) is 18.2 Å². The predicted octanol–water partition coefficient (Wildman–Crippen LogP) is 1.51. The third-order valence-corrected chi connectivity index (χ3v) is 3.49. The topological polar surface area (TPSA) is 33.7 Å². The zero-order valence-corrected chi connectivity index (χ0v) is 11.9. The average Bonchev–Trinajstić information content (AvgIpc) is 2.47. The number of morpholine rings is 1. The van der Waals surface area contributed by atoms with Crippen molar-refractivity contribution in [3.05, 3.63) is 29.8 Å². The monoisotopic (exact) mass is 264 g/mol. The Balaban J connectivity index is 1.78. The SMILES string of the molecule is COc1ccccc1CN(C)CCC1COCCN1. The Morgan fingerprint density at radius 3 is 3.00 bits per heavy atom. The van der Waals surface area contributed by atoms with Crippen LogP contribution in [0, 0.1) is 0 Å². The normalized spacial score (nSPS) is 19.6. The summed E-state index contributed by atoms with van der Waals surface area (Å²) in [5.74, 6) is 0.966. The molecule has 19 heavy (non-hydrogen) atoms. The molecule has 1 aromatic carbocycles. The van der Waals surface area contributed by atoms with Crippen molar-refractivity contribution in [2.45, 2.75) is 19.0 Å². The Hall–Kier alpha value is -1.10. The lowest BCUT2D eigenvalue weighted by atomic mass is 10.1. The van der Waals surface area contributed by atoms with Gasteiger partial charge in [-0.15, -0.1) is 0 Å². The lowest BCUT2D eigenvalue weighted by Gasteiger charge is -2.26. The number of nitrogens with zero attached hydrogens (tertiary/aromatic N) is 1. The van der Waals surface area contributed by atoms with E-state index in [0.29, 0.717) is 6.04 Å². The van der Waals surface area contributed by atoms with Crippen molar-refractivity contribution in [3.63, 3.8) is 0 Å². The zero-order chi connectivity index (χ0) is 13.5. The van der Waals surface area contributed by atoms with E-state index in [9.17, 15) is 0 Å². The molecule has 4 nitrogen and oxygen atoms in total. The van der Waals surface area contributed by atoms with Gasteiger partial charge in [0.05, 0.1) is 20.3 Å². The molecule has 1 aliphatic heterocycles. The van der Waals surface area contributed by atoms with Crippen LogP contribution in [-0.2, 0) is 11.3 Å². The van der Waals surface area contributed by atoms with Crippen LogP contribution in [0.5, 0.6) is 5.75 Å². The van der Waals surface area contributed by atoms with E-state index in [4.69, 9.17) is 9.47 Å². The van der Waals surface area contributed by atoms with E-state index in [-0.39, 0.29) is 0 Å². The summed E-state index contributed by atoms with van der Waals surface area (Å²) in [6.07, 6.45) is 1.12. The molecule has 2 rings (SSSR count). The number of hydrogen-bond donors (Lipinski definition) is 1. The van der Waals surface area contributed by atoms with Crippen LogP contribution in [0.4, 0.5) is 0 Å². The van der Waals surface area contributed by atoms with E-state index in [1.807, 2.05) is 12.1 Å². The fourth-order valence-corrected chi connectivity index (χ4v) is 2.38. The van der Waals surface area contributed by atoms with Crippen LogP contribution in [-0.4, -0.2) is 51.4 Å². The highest BCUT2D eigenvalue weighted by Crippen LogP contribution is 2.18. The van der Waals surface area contributed by atoms with Gasteiger partial charge in [0.1, 0.15) is 5.75 Å². The molecule has 0 saturated carbocycles. The van der Waals surface area contributed by atoms with Crippen LogP contribution in [0.15, 0.2) is 24.3 Å². The van der Waals surface area contributed by atoms with E-state index in [2.05, 4.69) is 29.4 Å². The molecule has 1 atom stereocenters. The summed E-state index contributed by atoms with van der Waals surface area (Å²) in [7, 11) is 3.87. The van der Waals surface area contributed by atoms with Crippen LogP contribution >= 0.6 is 0 Å². The Labute approximate surface area is 115 Å². The molecule has 1 unspecified atom stereocenters. The molecule has 1 aliphatic rings. The van der Waals surface area contributed by atoms with Crippen molar-refractivity contribution in [1.82, 2.24) is 10.2 Å². The summed E-state index contributed by atoms with van der Waals surface area (Å²) in [5.41, 5.74) is 1.24. The molecule has 4 heteroatoms. The standard InChI is InChI=1S/C15H24N2O2/c1-17(9-7-14-12-19-10-8-16-14)11-13-5-3-4-6-15(13)18-2/h3-6,14,16H,7-12H2,1-2H3. The first-order valence-corrected chi connectivity index (χ1v) is 6.91. The molecule has 0 aliphatic carbocycles. The quantitative estimate of drug-likeness (QED) is 0.844. The Bertz CT molecular complexity index is 378. The van der Waals surface area contributed by atoms with Crippen molar-refractivity contribution >= 4 is 0 Å². The third-order valence-electron chi connectivity index (χ3n) is 3.49. The minimum Gasteiger partial charge on any atom is -0.496 e. The molecule has 1 N–H and O–H groups in total. The van der Waals surface area contributed by atoms with Gasteiger partial charge < -0.3 is 19.7 Å². The Morgan fingerprint density at radius 1 is 1.42 bits per heavy atom. The molecule has 0 radical (unpaired) electrons. The second-order valence-electron chi connectivity index (χ2n) is 5.06. The van der Waals surface area contributed by atoms with Crippen LogP contribution in [0.25, 0.3) is 0 Å². The molecule has 1 heterocycles. The number of ether oxygens (including phenoxy) is 2. The van der Waals surface area contributed by atoms with Crippen molar-refractivity contribution in [2.24, 2.45) is 0 Å². The second kappa shape index (κ2) is 7.48. The lowest BCUT2D eigenvalue weighted by molar-refractivity contribution is 0.0707. The van der Waals surface area contributed by atoms with Gasteiger partial charge in [0, 0.05) is 24.7 Å². The number of rotatable bonds is 6. The maximum absolute atomic E-state index is 5.47. The van der Waals surface area contributed by atoms with E-state index in [1.165, 1.54) is 5.56 Å². The van der Waals surface area contributed by atoms with Gasteiger partial charge in [-0.2, -0.15) is 0 Å². The third kappa shape index (κ3) is 4.49. The van der Waals surface area contributed by atoms with Crippen LogP contribution in [0.3, 0.4) is 0 Å². The lowest BCUT2D eigenvalue weighted by Crippen LogP contribution is -2.42. The Morgan fingerprint density at radius 2 is 2.26 bits per heavy atom. The molecule has 1 fully saturated rings. The summed E-state index contributed by atoms with van der Waals surface area (Å²) in [4.78, 5) is 2.33. The maximum Gasteiger partial charge on any atom is 0.123 e. The molecule has 0 spiro atoms. The van der Waals surface area contributed by atoms with Gasteiger partial charge in [0.25, 0.3) is 0 Å². The van der Waals surface area contributed by atoms with E-state index < -0.39 is 0 Å². The summed E-state index contributed by atoms with van der Waals surface area (Å²) in [6.45, 7) is 4.62. The zero-order valence-electron chi connectivity index (χ0n) is 11.9. The van der Waals surface area contributed by atoms with Gasteiger partial charge in [-0.05, 0) is 26.1 Å². The fourth-order valence-electron chi connectivity index (χ4n) is 2.38. The van der Waals surface area contributed by atoms with Crippen molar-refractivity contribution in [3.8, 4) is 5.75 Å². The minimum atomic E-state index is 0.494. The number of hydrogen-bond acceptors (Lipinski definition) is 4. The van der Waals surface area contributed by atoms with Gasteiger partial charge in [0.15, 0.2) is 0 Å². The molecule has 1 saturated heterocycles. The first-order chi connectivity index (χ1) is 9.29. The summed E-state index contributed by atoms with van der Waals surface area (Å²) < 4.78 is 10.8. The number of methoxy groups -OCH3 is 1. The number of para-hydroxylation sites is 1. The second-order valence-corrected chi connectivity index (χ2v) is 5.06. The first-order valence-electron chi connectivity index (χ1n) is 6.91. The van der Waals surface area contributed by atoms with E-state index in [1.54, 1.807) is 7.11 Å². The van der Waals surface area contributed by atoms with E-state index in [0.717, 1.165) is 45.0 Å². The molecule has 0 aromatic heterocycles. The number of nitrogens with one attached hydrogen (secondary N) is 1. The molecule has 0 bridgehead atoms. The average molecular weight is 264 g/mol. The summed E-state index contributed by atoms with van der Waals surface area (Å²) in [6, 6.07) is 8.69. The molecule has 0 amide bonds.